The predicted octanol–water partition coefficient (Wildman–Crippen LogP) is 2.48. The predicted molar refractivity (Wildman–Crippen MR) is 79.1 cm³/mol. The molecular weight excluding hydrogens is 236 g/mol. The summed E-state index contributed by atoms with van der Waals surface area (Å²) in [5.41, 5.74) is 2.30. The number of benzene rings is 1. The van der Waals surface area contributed by atoms with Gasteiger partial charge < -0.3 is 10.4 Å². The molecule has 2 N–H and O–H groups in total. The first-order valence-corrected chi connectivity index (χ1v) is 7.33. The molecule has 3 nitrogen and oxygen atoms in total. The average Bonchev–Trinajstić information content (AvgIpc) is 2.64. The molecule has 0 aliphatic carbocycles. The van der Waals surface area contributed by atoms with Crippen LogP contribution in [0.2, 0.25) is 0 Å². The zero-order valence-corrected chi connectivity index (χ0v) is 12.3. The van der Waals surface area contributed by atoms with Crippen molar-refractivity contribution in [3.8, 4) is 0 Å². The van der Waals surface area contributed by atoms with E-state index in [9.17, 15) is 5.11 Å². The Kier molecular flexibility index (Phi) is 4.97. The van der Waals surface area contributed by atoms with E-state index in [1.54, 1.807) is 6.92 Å². The molecule has 3 heteroatoms. The van der Waals surface area contributed by atoms with Gasteiger partial charge in [0.2, 0.25) is 0 Å². The summed E-state index contributed by atoms with van der Waals surface area (Å²) < 4.78 is 0. The maximum Gasteiger partial charge on any atom is 0.0761 e. The molecule has 0 spiro atoms. The maximum atomic E-state index is 9.56. The van der Waals surface area contributed by atoms with E-state index in [2.05, 4.69) is 36.2 Å². The Balaban J connectivity index is 2.10. The van der Waals surface area contributed by atoms with Crippen LogP contribution in [-0.2, 0) is 0 Å². The van der Waals surface area contributed by atoms with Gasteiger partial charge in [-0.25, -0.2) is 0 Å². The second-order valence-electron chi connectivity index (χ2n) is 5.79. The minimum absolute atomic E-state index is 0.386. The van der Waals surface area contributed by atoms with Gasteiger partial charge in [-0.1, -0.05) is 24.3 Å². The lowest BCUT2D eigenvalue weighted by Crippen LogP contribution is -2.36. The summed E-state index contributed by atoms with van der Waals surface area (Å²) in [6.45, 7) is 9.64. The van der Waals surface area contributed by atoms with Gasteiger partial charge in [0.15, 0.2) is 0 Å². The standard InChI is InChI=1S/C16H26N2O/c1-12(2)18-10-4-9-17-16(11-18)15-7-5-14(6-8-15)13(3)19/h5-8,12-13,16-17,19H,4,9-11H2,1-3H3. The first-order valence-electron chi connectivity index (χ1n) is 7.33. The van der Waals surface area contributed by atoms with Gasteiger partial charge >= 0.3 is 0 Å². The highest BCUT2D eigenvalue weighted by Crippen LogP contribution is 2.21. The van der Waals surface area contributed by atoms with Gasteiger partial charge in [0.1, 0.15) is 0 Å². The lowest BCUT2D eigenvalue weighted by molar-refractivity contribution is 0.199. The Bertz CT molecular complexity index is 386. The third kappa shape index (κ3) is 3.78. The van der Waals surface area contributed by atoms with Gasteiger partial charge in [-0.3, -0.25) is 4.90 Å². The van der Waals surface area contributed by atoms with Crippen LogP contribution >= 0.6 is 0 Å². The van der Waals surface area contributed by atoms with E-state index in [1.165, 1.54) is 18.5 Å². The maximum absolute atomic E-state index is 9.56. The molecule has 1 aliphatic heterocycles. The van der Waals surface area contributed by atoms with Gasteiger partial charge in [-0.2, -0.15) is 0 Å². The largest absolute Gasteiger partial charge is 0.389 e. The third-order valence-electron chi connectivity index (χ3n) is 3.98. The summed E-state index contributed by atoms with van der Waals surface area (Å²) in [6.07, 6.45) is 0.823. The third-order valence-corrected chi connectivity index (χ3v) is 3.98. The van der Waals surface area contributed by atoms with Crippen LogP contribution in [0.5, 0.6) is 0 Å². The number of aliphatic hydroxyl groups is 1. The van der Waals surface area contributed by atoms with E-state index in [-0.39, 0.29) is 6.10 Å². The van der Waals surface area contributed by atoms with Crippen LogP contribution in [0.15, 0.2) is 24.3 Å². The molecular formula is C16H26N2O. The molecule has 106 valence electrons. The van der Waals surface area contributed by atoms with Crippen molar-refractivity contribution in [3.05, 3.63) is 35.4 Å². The van der Waals surface area contributed by atoms with Crippen molar-refractivity contribution in [1.82, 2.24) is 10.2 Å². The topological polar surface area (TPSA) is 35.5 Å². The average molecular weight is 262 g/mol. The summed E-state index contributed by atoms with van der Waals surface area (Å²) in [7, 11) is 0. The summed E-state index contributed by atoms with van der Waals surface area (Å²) in [6, 6.07) is 9.35. The number of hydrogen-bond donors (Lipinski definition) is 2. The van der Waals surface area contributed by atoms with Gasteiger partial charge in [0.25, 0.3) is 0 Å². The minimum Gasteiger partial charge on any atom is -0.389 e. The SMILES string of the molecule is CC(O)c1ccc(C2CN(C(C)C)CCCN2)cc1. The van der Waals surface area contributed by atoms with Crippen molar-refractivity contribution in [2.75, 3.05) is 19.6 Å². The molecule has 0 aromatic heterocycles. The van der Waals surface area contributed by atoms with E-state index in [0.29, 0.717) is 12.1 Å². The quantitative estimate of drug-likeness (QED) is 0.878. The first kappa shape index (κ1) is 14.5. The van der Waals surface area contributed by atoms with Crippen molar-refractivity contribution in [2.45, 2.75) is 45.4 Å². The van der Waals surface area contributed by atoms with Crippen LogP contribution in [0.1, 0.15) is 50.5 Å². The number of aliphatic hydroxyl groups excluding tert-OH is 1. The molecule has 1 saturated heterocycles. The van der Waals surface area contributed by atoms with E-state index in [4.69, 9.17) is 0 Å². The summed E-state index contributed by atoms with van der Waals surface area (Å²) >= 11 is 0. The molecule has 1 fully saturated rings. The highest BCUT2D eigenvalue weighted by atomic mass is 16.3. The molecule has 2 rings (SSSR count). The second-order valence-corrected chi connectivity index (χ2v) is 5.79. The van der Waals surface area contributed by atoms with E-state index in [0.717, 1.165) is 18.7 Å². The fourth-order valence-corrected chi connectivity index (χ4v) is 2.65. The summed E-state index contributed by atoms with van der Waals surface area (Å²) in [5.74, 6) is 0. The molecule has 1 aromatic rings. The Labute approximate surface area is 116 Å². The molecule has 1 aromatic carbocycles. The number of nitrogens with zero attached hydrogens (tertiary/aromatic N) is 1. The van der Waals surface area contributed by atoms with Crippen LogP contribution in [-0.4, -0.2) is 35.7 Å². The van der Waals surface area contributed by atoms with Crippen molar-refractivity contribution >= 4 is 0 Å². The molecule has 0 bridgehead atoms. The Morgan fingerprint density at radius 3 is 2.47 bits per heavy atom. The molecule has 1 heterocycles. The fraction of sp³-hybridized carbons (Fsp3) is 0.625. The monoisotopic (exact) mass is 262 g/mol. The van der Waals surface area contributed by atoms with Crippen LogP contribution in [0, 0.1) is 0 Å². The first-order chi connectivity index (χ1) is 9.08. The lowest BCUT2D eigenvalue weighted by atomic mass is 10.0. The van der Waals surface area contributed by atoms with E-state index >= 15 is 0 Å². The molecule has 2 unspecified atom stereocenters. The smallest absolute Gasteiger partial charge is 0.0761 e. The highest BCUT2D eigenvalue weighted by molar-refractivity contribution is 5.26. The molecule has 0 radical (unpaired) electrons. The molecule has 2 atom stereocenters. The zero-order valence-electron chi connectivity index (χ0n) is 12.3. The van der Waals surface area contributed by atoms with Gasteiger partial charge in [0.05, 0.1) is 6.10 Å². The van der Waals surface area contributed by atoms with Crippen LogP contribution in [0.4, 0.5) is 0 Å². The van der Waals surface area contributed by atoms with Crippen molar-refractivity contribution in [3.63, 3.8) is 0 Å². The minimum atomic E-state index is -0.386. The van der Waals surface area contributed by atoms with Crippen LogP contribution in [0.25, 0.3) is 0 Å². The molecule has 1 aliphatic rings. The zero-order chi connectivity index (χ0) is 13.8. The highest BCUT2D eigenvalue weighted by Gasteiger charge is 2.20. The fourth-order valence-electron chi connectivity index (χ4n) is 2.65. The lowest BCUT2D eigenvalue weighted by Gasteiger charge is -2.28. The second kappa shape index (κ2) is 6.51. The van der Waals surface area contributed by atoms with Gasteiger partial charge in [0, 0.05) is 18.6 Å². The number of rotatable bonds is 3. The Hall–Kier alpha value is -0.900. The number of hydrogen-bond acceptors (Lipinski definition) is 3. The molecule has 0 saturated carbocycles. The normalized spacial score (nSPS) is 23.3. The van der Waals surface area contributed by atoms with Crippen molar-refractivity contribution in [1.29, 1.82) is 0 Å². The van der Waals surface area contributed by atoms with E-state index < -0.39 is 0 Å². The van der Waals surface area contributed by atoms with Crippen molar-refractivity contribution < 1.29 is 5.11 Å². The summed E-state index contributed by atoms with van der Waals surface area (Å²) in [4.78, 5) is 2.53. The Morgan fingerprint density at radius 1 is 1.21 bits per heavy atom. The summed E-state index contributed by atoms with van der Waals surface area (Å²) in [5, 5.41) is 13.2. The molecule has 19 heavy (non-hydrogen) atoms. The van der Waals surface area contributed by atoms with E-state index in [1.807, 2.05) is 12.1 Å². The van der Waals surface area contributed by atoms with Crippen LogP contribution < -0.4 is 5.32 Å². The number of nitrogens with one attached hydrogen (secondary N) is 1. The van der Waals surface area contributed by atoms with Gasteiger partial charge in [-0.15, -0.1) is 0 Å². The van der Waals surface area contributed by atoms with Crippen LogP contribution in [0.3, 0.4) is 0 Å². The molecule has 0 amide bonds. The van der Waals surface area contributed by atoms with Crippen molar-refractivity contribution in [2.24, 2.45) is 0 Å². The Morgan fingerprint density at radius 2 is 1.89 bits per heavy atom. The van der Waals surface area contributed by atoms with Gasteiger partial charge in [-0.05, 0) is 51.4 Å².